The molecule has 0 bridgehead atoms. The summed E-state index contributed by atoms with van der Waals surface area (Å²) < 4.78 is 46.8. The second-order valence-electron chi connectivity index (χ2n) is 6.64. The summed E-state index contributed by atoms with van der Waals surface area (Å²) in [5.74, 6) is -0.535. The molecule has 1 amide bonds. The Morgan fingerprint density at radius 1 is 1.26 bits per heavy atom. The number of alkyl halides is 3. The van der Waals surface area contributed by atoms with Crippen molar-refractivity contribution in [3.05, 3.63) is 42.2 Å². The van der Waals surface area contributed by atoms with Gasteiger partial charge in [-0.2, -0.15) is 13.2 Å². The van der Waals surface area contributed by atoms with E-state index in [0.717, 1.165) is 0 Å². The number of pyridine rings is 2. The SMILES string of the molecule is O=C(c1ccc(OCC(F)(F)F)nc1)N1CCOC(COn2nnc3cccnc32)C1. The van der Waals surface area contributed by atoms with Crippen molar-refractivity contribution in [1.82, 2.24) is 30.0 Å². The third kappa shape index (κ3) is 5.17. The van der Waals surface area contributed by atoms with Crippen LogP contribution < -0.4 is 9.57 Å². The summed E-state index contributed by atoms with van der Waals surface area (Å²) in [5, 5.41) is 7.81. The molecule has 1 fully saturated rings. The molecule has 10 nitrogen and oxygen atoms in total. The fourth-order valence-corrected chi connectivity index (χ4v) is 2.92. The van der Waals surface area contributed by atoms with Crippen molar-refractivity contribution in [2.45, 2.75) is 12.3 Å². The fourth-order valence-electron chi connectivity index (χ4n) is 2.92. The van der Waals surface area contributed by atoms with Crippen LogP contribution in [0.15, 0.2) is 36.7 Å². The highest BCUT2D eigenvalue weighted by atomic mass is 19.4. The lowest BCUT2D eigenvalue weighted by molar-refractivity contribution is -0.154. The van der Waals surface area contributed by atoms with Gasteiger partial charge >= 0.3 is 6.18 Å². The molecule has 13 heteroatoms. The van der Waals surface area contributed by atoms with E-state index in [4.69, 9.17) is 9.57 Å². The first-order valence-electron chi connectivity index (χ1n) is 9.25. The number of aromatic nitrogens is 5. The van der Waals surface area contributed by atoms with E-state index in [1.807, 2.05) is 0 Å². The standard InChI is InChI=1S/C18H17F3N6O4/c19-18(20,21)11-30-15-4-3-12(8-23-15)17(28)26-6-7-29-13(9-26)10-31-27-16-14(24-25-27)2-1-5-22-16/h1-5,8,13H,6-7,9-11H2. The Morgan fingerprint density at radius 3 is 2.90 bits per heavy atom. The lowest BCUT2D eigenvalue weighted by Crippen LogP contribution is -2.48. The second kappa shape index (κ2) is 8.71. The number of hydrogen-bond donors (Lipinski definition) is 0. The molecule has 4 heterocycles. The Kier molecular flexibility index (Phi) is 5.84. The van der Waals surface area contributed by atoms with E-state index in [2.05, 4.69) is 25.0 Å². The molecule has 0 aliphatic carbocycles. The lowest BCUT2D eigenvalue weighted by atomic mass is 10.2. The maximum Gasteiger partial charge on any atom is 0.422 e. The van der Waals surface area contributed by atoms with Crippen molar-refractivity contribution < 1.29 is 32.3 Å². The number of carbonyl (C=O) groups excluding carboxylic acids is 1. The smallest absolute Gasteiger partial charge is 0.422 e. The minimum absolute atomic E-state index is 0.112. The average molecular weight is 438 g/mol. The number of ether oxygens (including phenoxy) is 2. The Bertz CT molecular complexity index is 1040. The van der Waals surface area contributed by atoms with Crippen LogP contribution in [0.2, 0.25) is 0 Å². The number of nitrogens with zero attached hydrogens (tertiary/aromatic N) is 6. The van der Waals surface area contributed by atoms with Gasteiger partial charge in [0.25, 0.3) is 5.91 Å². The Balaban J connectivity index is 1.33. The predicted octanol–water partition coefficient (Wildman–Crippen LogP) is 1.13. The summed E-state index contributed by atoms with van der Waals surface area (Å²) in [4.78, 5) is 29.0. The van der Waals surface area contributed by atoms with Gasteiger partial charge in [0, 0.05) is 25.0 Å². The van der Waals surface area contributed by atoms with E-state index in [1.54, 1.807) is 23.2 Å². The van der Waals surface area contributed by atoms with Crippen molar-refractivity contribution >= 4 is 17.1 Å². The number of amides is 1. The summed E-state index contributed by atoms with van der Waals surface area (Å²) in [6.45, 7) is -0.423. The van der Waals surface area contributed by atoms with Crippen LogP contribution >= 0.6 is 0 Å². The van der Waals surface area contributed by atoms with Gasteiger partial charge in [0.1, 0.15) is 18.2 Å². The molecule has 1 saturated heterocycles. The molecule has 0 N–H and O–H groups in total. The summed E-state index contributed by atoms with van der Waals surface area (Å²) in [6.07, 6.45) is -2.10. The van der Waals surface area contributed by atoms with Crippen molar-refractivity contribution in [3.8, 4) is 5.88 Å². The van der Waals surface area contributed by atoms with E-state index in [-0.39, 0.29) is 30.5 Å². The largest absolute Gasteiger partial charge is 0.468 e. The van der Waals surface area contributed by atoms with Gasteiger partial charge in [-0.1, -0.05) is 4.85 Å². The number of hydrogen-bond acceptors (Lipinski definition) is 8. The first kappa shape index (κ1) is 20.8. The van der Waals surface area contributed by atoms with Crippen LogP contribution in [0, 0.1) is 0 Å². The van der Waals surface area contributed by atoms with Crippen LogP contribution in [0.3, 0.4) is 0 Å². The van der Waals surface area contributed by atoms with Gasteiger partial charge in [0.05, 0.1) is 18.7 Å². The fraction of sp³-hybridized carbons (Fsp3) is 0.389. The molecule has 0 spiro atoms. The number of fused-ring (bicyclic) bond motifs is 1. The quantitative estimate of drug-likeness (QED) is 0.564. The minimum atomic E-state index is -4.46. The molecule has 4 rings (SSSR count). The normalized spacial score (nSPS) is 17.0. The maximum absolute atomic E-state index is 12.7. The minimum Gasteiger partial charge on any atom is -0.468 e. The summed E-state index contributed by atoms with van der Waals surface area (Å²) >= 11 is 0. The van der Waals surface area contributed by atoms with E-state index in [1.165, 1.54) is 23.2 Å². The topological polar surface area (TPSA) is 104 Å². The number of rotatable bonds is 6. The van der Waals surface area contributed by atoms with Crippen LogP contribution in [0.25, 0.3) is 11.2 Å². The predicted molar refractivity (Wildman–Crippen MR) is 98.2 cm³/mol. The van der Waals surface area contributed by atoms with Crippen LogP contribution in [-0.2, 0) is 4.74 Å². The molecule has 1 atom stereocenters. The first-order valence-corrected chi connectivity index (χ1v) is 9.25. The van der Waals surface area contributed by atoms with E-state index in [9.17, 15) is 18.0 Å². The highest BCUT2D eigenvalue weighted by Crippen LogP contribution is 2.18. The zero-order chi connectivity index (χ0) is 21.8. The Labute approximate surface area is 173 Å². The van der Waals surface area contributed by atoms with E-state index < -0.39 is 18.9 Å². The third-order valence-corrected chi connectivity index (χ3v) is 4.36. The molecule has 0 saturated carbocycles. The Hall–Kier alpha value is -3.48. The molecule has 1 aliphatic rings. The zero-order valence-corrected chi connectivity index (χ0v) is 16.0. The average Bonchev–Trinajstić information content (AvgIpc) is 3.19. The van der Waals surface area contributed by atoms with Gasteiger partial charge in [-0.25, -0.2) is 9.97 Å². The number of morpholine rings is 1. The van der Waals surface area contributed by atoms with Crippen molar-refractivity contribution in [2.75, 3.05) is 32.9 Å². The number of carbonyl (C=O) groups is 1. The summed E-state index contributed by atoms with van der Waals surface area (Å²) in [6, 6.07) is 6.08. The highest BCUT2D eigenvalue weighted by molar-refractivity contribution is 5.94. The van der Waals surface area contributed by atoms with Gasteiger partial charge in [-0.15, -0.1) is 5.10 Å². The van der Waals surface area contributed by atoms with Crippen LogP contribution in [0.5, 0.6) is 5.88 Å². The van der Waals surface area contributed by atoms with Crippen molar-refractivity contribution in [3.63, 3.8) is 0 Å². The highest BCUT2D eigenvalue weighted by Gasteiger charge is 2.29. The van der Waals surface area contributed by atoms with Crippen LogP contribution in [-0.4, -0.2) is 81.1 Å². The monoisotopic (exact) mass is 438 g/mol. The molecule has 3 aromatic heterocycles. The van der Waals surface area contributed by atoms with Crippen LogP contribution in [0.1, 0.15) is 10.4 Å². The van der Waals surface area contributed by atoms with Crippen molar-refractivity contribution in [1.29, 1.82) is 0 Å². The van der Waals surface area contributed by atoms with E-state index >= 15 is 0 Å². The molecule has 0 aromatic carbocycles. The summed E-state index contributed by atoms with van der Waals surface area (Å²) in [5.41, 5.74) is 1.27. The molecular formula is C18H17F3N6O4. The first-order chi connectivity index (χ1) is 14.9. The van der Waals surface area contributed by atoms with Gasteiger partial charge in [-0.05, 0) is 23.4 Å². The molecule has 3 aromatic rings. The van der Waals surface area contributed by atoms with Gasteiger partial charge < -0.3 is 19.2 Å². The van der Waals surface area contributed by atoms with Crippen LogP contribution in [0.4, 0.5) is 13.2 Å². The summed E-state index contributed by atoms with van der Waals surface area (Å²) in [7, 11) is 0. The molecule has 31 heavy (non-hydrogen) atoms. The number of halogens is 3. The lowest BCUT2D eigenvalue weighted by Gasteiger charge is -2.32. The van der Waals surface area contributed by atoms with Gasteiger partial charge in [0.15, 0.2) is 6.61 Å². The zero-order valence-electron chi connectivity index (χ0n) is 16.0. The van der Waals surface area contributed by atoms with Gasteiger partial charge in [0.2, 0.25) is 11.5 Å². The molecule has 164 valence electrons. The van der Waals surface area contributed by atoms with Crippen molar-refractivity contribution in [2.24, 2.45) is 0 Å². The molecule has 1 unspecified atom stereocenters. The molecule has 1 aliphatic heterocycles. The molecule has 0 radical (unpaired) electrons. The van der Waals surface area contributed by atoms with E-state index in [0.29, 0.717) is 24.3 Å². The second-order valence-corrected chi connectivity index (χ2v) is 6.64. The third-order valence-electron chi connectivity index (χ3n) is 4.36. The van der Waals surface area contributed by atoms with Gasteiger partial charge in [-0.3, -0.25) is 4.79 Å². The maximum atomic E-state index is 12.7. The Morgan fingerprint density at radius 2 is 2.13 bits per heavy atom. The molecular weight excluding hydrogens is 421 g/mol.